The summed E-state index contributed by atoms with van der Waals surface area (Å²) in [7, 11) is 0.0991. The van der Waals surface area contributed by atoms with E-state index in [1.807, 2.05) is 12.1 Å². The summed E-state index contributed by atoms with van der Waals surface area (Å²) in [6.45, 7) is 0.481. The minimum absolute atomic E-state index is 0.172. The number of carbonyl (C=O) groups is 1. The lowest BCUT2D eigenvalue weighted by atomic mass is 10.1. The Morgan fingerprint density at radius 3 is 2.37 bits per heavy atom. The topological polar surface area (TPSA) is 84.3 Å². The molecule has 30 heavy (non-hydrogen) atoms. The number of nitrogens with zero attached hydrogens (tertiary/aromatic N) is 3. The van der Waals surface area contributed by atoms with Crippen LogP contribution in [0.25, 0.3) is 11.3 Å². The van der Waals surface area contributed by atoms with E-state index in [9.17, 15) is 17.6 Å². The number of likely N-dealkylation sites (N-methyl/N-ethyl adjacent to an activating group) is 1. The van der Waals surface area contributed by atoms with E-state index in [-0.39, 0.29) is 11.7 Å². The molecule has 1 heterocycles. The van der Waals surface area contributed by atoms with E-state index in [0.29, 0.717) is 30.0 Å². The van der Waals surface area contributed by atoms with Crippen molar-refractivity contribution in [3.05, 3.63) is 71.7 Å². The molecule has 2 aromatic carbocycles. The number of anilines is 1. The van der Waals surface area contributed by atoms with Crippen molar-refractivity contribution >= 4 is 21.6 Å². The highest BCUT2D eigenvalue weighted by Crippen LogP contribution is 2.20. The molecular weight excluding hydrogens is 407 g/mol. The SMILES string of the molecule is CN(CCc1ccc(NS(C)(=O)=O)cc1)C(=O)c1cc(-c2ccc(F)cc2)nn1C. The second-order valence-corrected chi connectivity index (χ2v) is 8.84. The van der Waals surface area contributed by atoms with E-state index in [4.69, 9.17) is 0 Å². The molecule has 0 bridgehead atoms. The van der Waals surface area contributed by atoms with Gasteiger partial charge in [-0.3, -0.25) is 14.2 Å². The Labute approximate surface area is 175 Å². The number of halogens is 1. The van der Waals surface area contributed by atoms with Crippen LogP contribution in [0, 0.1) is 5.82 Å². The first kappa shape index (κ1) is 21.5. The van der Waals surface area contributed by atoms with E-state index in [1.54, 1.807) is 49.3 Å². The first-order valence-corrected chi connectivity index (χ1v) is 11.1. The van der Waals surface area contributed by atoms with Gasteiger partial charge in [-0.2, -0.15) is 5.10 Å². The Hall–Kier alpha value is -3.20. The van der Waals surface area contributed by atoms with Gasteiger partial charge in [0.1, 0.15) is 11.5 Å². The number of benzene rings is 2. The smallest absolute Gasteiger partial charge is 0.271 e. The third-order valence-corrected chi connectivity index (χ3v) is 5.19. The van der Waals surface area contributed by atoms with Crippen LogP contribution in [0.4, 0.5) is 10.1 Å². The van der Waals surface area contributed by atoms with Crippen LogP contribution < -0.4 is 4.72 Å². The molecule has 0 saturated heterocycles. The molecule has 0 spiro atoms. The van der Waals surface area contributed by atoms with E-state index >= 15 is 0 Å². The number of amides is 1. The van der Waals surface area contributed by atoms with Crippen LogP contribution in [-0.4, -0.2) is 48.9 Å². The summed E-state index contributed by atoms with van der Waals surface area (Å²) in [5.74, 6) is -0.500. The van der Waals surface area contributed by atoms with Gasteiger partial charge in [-0.1, -0.05) is 12.1 Å². The van der Waals surface area contributed by atoms with Crippen LogP contribution in [0.5, 0.6) is 0 Å². The van der Waals surface area contributed by atoms with Crippen molar-refractivity contribution in [1.29, 1.82) is 0 Å². The Bertz CT molecular complexity index is 1140. The molecule has 0 atom stereocenters. The predicted octanol–water partition coefficient (Wildman–Crippen LogP) is 2.91. The molecule has 0 aliphatic rings. The Kier molecular flexibility index (Phi) is 6.21. The van der Waals surface area contributed by atoms with Crippen LogP contribution in [0.15, 0.2) is 54.6 Å². The fourth-order valence-corrected chi connectivity index (χ4v) is 3.54. The van der Waals surface area contributed by atoms with Crippen molar-refractivity contribution in [3.63, 3.8) is 0 Å². The van der Waals surface area contributed by atoms with Gasteiger partial charge in [0.25, 0.3) is 5.91 Å². The summed E-state index contributed by atoms with van der Waals surface area (Å²) < 4.78 is 39.6. The maximum Gasteiger partial charge on any atom is 0.271 e. The lowest BCUT2D eigenvalue weighted by molar-refractivity contribution is 0.0786. The molecule has 0 unspecified atom stereocenters. The van der Waals surface area contributed by atoms with Gasteiger partial charge in [0.05, 0.1) is 11.9 Å². The fourth-order valence-electron chi connectivity index (χ4n) is 2.98. The highest BCUT2D eigenvalue weighted by Gasteiger charge is 2.18. The van der Waals surface area contributed by atoms with E-state index in [0.717, 1.165) is 17.4 Å². The summed E-state index contributed by atoms with van der Waals surface area (Å²) in [6, 6.07) is 14.7. The van der Waals surface area contributed by atoms with Crippen molar-refractivity contribution in [2.24, 2.45) is 7.05 Å². The summed E-state index contributed by atoms with van der Waals surface area (Å²) in [4.78, 5) is 14.4. The van der Waals surface area contributed by atoms with Gasteiger partial charge in [-0.25, -0.2) is 12.8 Å². The molecule has 3 aromatic rings. The second kappa shape index (κ2) is 8.66. The maximum atomic E-state index is 13.1. The van der Waals surface area contributed by atoms with Gasteiger partial charge in [0.2, 0.25) is 10.0 Å². The van der Waals surface area contributed by atoms with Gasteiger partial charge in [-0.05, 0) is 54.4 Å². The standard InChI is InChI=1S/C21H23FN4O3S/c1-25(13-12-15-4-10-18(11-5-15)24-30(3,28)29)21(27)20-14-19(23-26(20)2)16-6-8-17(22)9-7-16/h4-11,14,24H,12-13H2,1-3H3. The lowest BCUT2D eigenvalue weighted by Crippen LogP contribution is -2.30. The van der Waals surface area contributed by atoms with Crippen LogP contribution in [-0.2, 0) is 23.5 Å². The number of carbonyl (C=O) groups excluding carboxylic acids is 1. The molecule has 9 heteroatoms. The molecule has 0 aliphatic heterocycles. The van der Waals surface area contributed by atoms with Crippen LogP contribution in [0.2, 0.25) is 0 Å². The summed E-state index contributed by atoms with van der Waals surface area (Å²) in [5.41, 5.74) is 3.24. The van der Waals surface area contributed by atoms with E-state index in [2.05, 4.69) is 9.82 Å². The van der Waals surface area contributed by atoms with Crippen LogP contribution >= 0.6 is 0 Å². The highest BCUT2D eigenvalue weighted by molar-refractivity contribution is 7.92. The van der Waals surface area contributed by atoms with Crippen molar-refractivity contribution in [3.8, 4) is 11.3 Å². The molecule has 0 aliphatic carbocycles. The van der Waals surface area contributed by atoms with Crippen LogP contribution in [0.3, 0.4) is 0 Å². The second-order valence-electron chi connectivity index (χ2n) is 7.09. The van der Waals surface area contributed by atoms with Gasteiger partial charge in [0, 0.05) is 31.9 Å². The van der Waals surface area contributed by atoms with E-state index < -0.39 is 10.0 Å². The molecule has 1 aromatic heterocycles. The minimum atomic E-state index is -3.31. The van der Waals surface area contributed by atoms with Gasteiger partial charge < -0.3 is 4.90 Å². The minimum Gasteiger partial charge on any atom is -0.340 e. The zero-order chi connectivity index (χ0) is 21.9. The quantitative estimate of drug-likeness (QED) is 0.625. The summed E-state index contributed by atoms with van der Waals surface area (Å²) in [6.07, 6.45) is 1.71. The van der Waals surface area contributed by atoms with Crippen molar-refractivity contribution < 1.29 is 17.6 Å². The van der Waals surface area contributed by atoms with Crippen LogP contribution in [0.1, 0.15) is 16.1 Å². The fraction of sp³-hybridized carbons (Fsp3) is 0.238. The first-order valence-electron chi connectivity index (χ1n) is 9.24. The highest BCUT2D eigenvalue weighted by atomic mass is 32.2. The van der Waals surface area contributed by atoms with Crippen molar-refractivity contribution in [2.75, 3.05) is 24.6 Å². The number of rotatable bonds is 7. The zero-order valence-corrected chi connectivity index (χ0v) is 17.8. The zero-order valence-electron chi connectivity index (χ0n) is 17.0. The van der Waals surface area contributed by atoms with E-state index in [1.165, 1.54) is 16.8 Å². The monoisotopic (exact) mass is 430 g/mol. The number of hydrogen-bond acceptors (Lipinski definition) is 4. The van der Waals surface area contributed by atoms with Crippen molar-refractivity contribution in [1.82, 2.24) is 14.7 Å². The third kappa shape index (κ3) is 5.44. The average Bonchev–Trinajstić information content (AvgIpc) is 3.07. The van der Waals surface area contributed by atoms with Gasteiger partial charge in [0.15, 0.2) is 0 Å². The number of aromatic nitrogens is 2. The first-order chi connectivity index (χ1) is 14.1. The molecule has 0 fully saturated rings. The van der Waals surface area contributed by atoms with Gasteiger partial charge in [-0.15, -0.1) is 0 Å². The summed E-state index contributed by atoms with van der Waals surface area (Å²) >= 11 is 0. The van der Waals surface area contributed by atoms with Gasteiger partial charge >= 0.3 is 0 Å². The molecule has 0 saturated carbocycles. The third-order valence-electron chi connectivity index (χ3n) is 4.58. The number of aryl methyl sites for hydroxylation is 1. The molecule has 0 radical (unpaired) electrons. The number of hydrogen-bond donors (Lipinski definition) is 1. The number of sulfonamides is 1. The molecule has 1 N–H and O–H groups in total. The Balaban J connectivity index is 1.64. The average molecular weight is 431 g/mol. The molecular formula is C21H23FN4O3S. The predicted molar refractivity (Wildman–Crippen MR) is 114 cm³/mol. The Morgan fingerprint density at radius 2 is 1.77 bits per heavy atom. The molecule has 3 rings (SSSR count). The normalized spacial score (nSPS) is 11.3. The number of nitrogens with one attached hydrogen (secondary N) is 1. The maximum absolute atomic E-state index is 13.1. The molecule has 1 amide bonds. The molecule has 158 valence electrons. The summed E-state index contributed by atoms with van der Waals surface area (Å²) in [5, 5.41) is 4.36. The molecule has 7 nitrogen and oxygen atoms in total. The Morgan fingerprint density at radius 1 is 1.13 bits per heavy atom. The van der Waals surface area contributed by atoms with Crippen molar-refractivity contribution in [2.45, 2.75) is 6.42 Å². The lowest BCUT2D eigenvalue weighted by Gasteiger charge is -2.17. The largest absolute Gasteiger partial charge is 0.340 e.